The van der Waals surface area contributed by atoms with E-state index in [-0.39, 0.29) is 10.7 Å². The van der Waals surface area contributed by atoms with Crippen molar-refractivity contribution < 1.29 is 19.2 Å². The predicted octanol–water partition coefficient (Wildman–Crippen LogP) is 4.47. The van der Waals surface area contributed by atoms with Crippen LogP contribution >= 0.6 is 11.6 Å². The van der Waals surface area contributed by atoms with E-state index in [4.69, 9.17) is 16.3 Å². The molecule has 2 rings (SSSR count). The van der Waals surface area contributed by atoms with Gasteiger partial charge in [-0.1, -0.05) is 24.6 Å². The SMILES string of the molecule is CCCOC(=O)c1ccc(NC(=O)C=Cc2ccc(Cl)c([N+](=O)[O-])c2)cc1. The molecule has 0 aliphatic heterocycles. The van der Waals surface area contributed by atoms with Crippen LogP contribution in [0.3, 0.4) is 0 Å². The van der Waals surface area contributed by atoms with E-state index in [0.717, 1.165) is 6.42 Å². The number of carbonyl (C=O) groups excluding carboxylic acids is 2. The lowest BCUT2D eigenvalue weighted by Gasteiger charge is -2.05. The molecule has 1 amide bonds. The summed E-state index contributed by atoms with van der Waals surface area (Å²) in [6.07, 6.45) is 3.43. The second-order valence-electron chi connectivity index (χ2n) is 5.50. The van der Waals surface area contributed by atoms with Gasteiger partial charge in [0.25, 0.3) is 5.69 Å². The standard InChI is InChI=1S/C19H17ClN2O5/c1-2-11-27-19(24)14-5-7-15(8-6-14)21-18(23)10-4-13-3-9-16(20)17(12-13)22(25)26/h3-10,12H,2,11H2,1H3,(H,21,23). The van der Waals surface area contributed by atoms with Crippen LogP contribution in [0.5, 0.6) is 0 Å². The number of nitro benzene ring substituents is 1. The molecule has 0 saturated carbocycles. The zero-order valence-corrected chi connectivity index (χ0v) is 15.2. The van der Waals surface area contributed by atoms with Crippen molar-refractivity contribution >= 4 is 40.9 Å². The summed E-state index contributed by atoms with van der Waals surface area (Å²) in [5.41, 5.74) is 1.13. The molecular weight excluding hydrogens is 372 g/mol. The van der Waals surface area contributed by atoms with Gasteiger partial charge in [0.2, 0.25) is 5.91 Å². The molecule has 0 radical (unpaired) electrons. The fourth-order valence-electron chi connectivity index (χ4n) is 2.10. The molecule has 8 heteroatoms. The number of carbonyl (C=O) groups is 2. The number of benzene rings is 2. The summed E-state index contributed by atoms with van der Waals surface area (Å²) >= 11 is 5.75. The van der Waals surface area contributed by atoms with Crippen LogP contribution in [0, 0.1) is 10.1 Å². The molecule has 7 nitrogen and oxygen atoms in total. The summed E-state index contributed by atoms with van der Waals surface area (Å²) in [5, 5.41) is 13.5. The van der Waals surface area contributed by atoms with Crippen LogP contribution in [0.15, 0.2) is 48.5 Å². The van der Waals surface area contributed by atoms with Crippen molar-refractivity contribution in [3.63, 3.8) is 0 Å². The lowest BCUT2D eigenvalue weighted by atomic mass is 10.2. The number of rotatable bonds is 7. The molecule has 1 N–H and O–H groups in total. The van der Waals surface area contributed by atoms with E-state index < -0.39 is 16.8 Å². The number of nitrogens with zero attached hydrogens (tertiary/aromatic N) is 1. The summed E-state index contributed by atoms with van der Waals surface area (Å²) in [6.45, 7) is 2.26. The first kappa shape index (κ1) is 20.1. The maximum atomic E-state index is 12.0. The molecule has 0 atom stereocenters. The number of esters is 1. The summed E-state index contributed by atoms with van der Waals surface area (Å²) in [7, 11) is 0. The van der Waals surface area contributed by atoms with E-state index in [1.165, 1.54) is 24.3 Å². The van der Waals surface area contributed by atoms with Crippen LogP contribution in [0.2, 0.25) is 5.02 Å². The lowest BCUT2D eigenvalue weighted by molar-refractivity contribution is -0.384. The van der Waals surface area contributed by atoms with Crippen LogP contribution in [0.25, 0.3) is 6.08 Å². The Bertz CT molecular complexity index is 878. The van der Waals surface area contributed by atoms with Gasteiger partial charge in [-0.3, -0.25) is 14.9 Å². The smallest absolute Gasteiger partial charge is 0.338 e. The third-order valence-corrected chi connectivity index (χ3v) is 3.74. The molecule has 0 aliphatic rings. The van der Waals surface area contributed by atoms with E-state index in [2.05, 4.69) is 5.32 Å². The molecule has 140 valence electrons. The zero-order valence-electron chi connectivity index (χ0n) is 14.5. The minimum atomic E-state index is -0.590. The first-order valence-electron chi connectivity index (χ1n) is 8.11. The van der Waals surface area contributed by atoms with Crippen LogP contribution in [0.1, 0.15) is 29.3 Å². The number of ether oxygens (including phenoxy) is 1. The van der Waals surface area contributed by atoms with Crippen LogP contribution in [-0.4, -0.2) is 23.4 Å². The molecule has 0 spiro atoms. The van der Waals surface area contributed by atoms with Gasteiger partial charge in [0, 0.05) is 17.8 Å². The highest BCUT2D eigenvalue weighted by atomic mass is 35.5. The van der Waals surface area contributed by atoms with Gasteiger partial charge in [-0.25, -0.2) is 4.79 Å². The van der Waals surface area contributed by atoms with Gasteiger partial charge >= 0.3 is 5.97 Å². The third kappa shape index (κ3) is 5.93. The molecule has 0 fully saturated rings. The number of nitro groups is 1. The average molecular weight is 389 g/mol. The summed E-state index contributed by atoms with van der Waals surface area (Å²) < 4.78 is 5.03. The predicted molar refractivity (Wildman–Crippen MR) is 103 cm³/mol. The molecule has 0 bridgehead atoms. The molecule has 2 aromatic carbocycles. The third-order valence-electron chi connectivity index (χ3n) is 3.42. The van der Waals surface area contributed by atoms with Crippen molar-refractivity contribution in [3.8, 4) is 0 Å². The number of amides is 1. The van der Waals surface area contributed by atoms with Gasteiger partial charge in [-0.15, -0.1) is 0 Å². The Morgan fingerprint density at radius 1 is 1.22 bits per heavy atom. The maximum Gasteiger partial charge on any atom is 0.338 e. The van der Waals surface area contributed by atoms with E-state index in [1.54, 1.807) is 30.3 Å². The Kier molecular flexibility index (Phi) is 7.08. The fourth-order valence-corrected chi connectivity index (χ4v) is 2.28. The van der Waals surface area contributed by atoms with Gasteiger partial charge in [-0.05, 0) is 48.4 Å². The minimum absolute atomic E-state index is 0.0270. The zero-order chi connectivity index (χ0) is 19.8. The molecule has 0 aliphatic carbocycles. The Morgan fingerprint density at radius 2 is 1.93 bits per heavy atom. The van der Waals surface area contributed by atoms with Crippen LogP contribution < -0.4 is 5.32 Å². The lowest BCUT2D eigenvalue weighted by Crippen LogP contribution is -2.09. The van der Waals surface area contributed by atoms with Crippen LogP contribution in [-0.2, 0) is 9.53 Å². The topological polar surface area (TPSA) is 98.5 Å². The van der Waals surface area contributed by atoms with Crippen molar-refractivity contribution in [1.82, 2.24) is 0 Å². The van der Waals surface area contributed by atoms with Gasteiger partial charge < -0.3 is 10.1 Å². The average Bonchev–Trinajstić information content (AvgIpc) is 2.65. The number of anilines is 1. The number of hydrogen-bond acceptors (Lipinski definition) is 5. The normalized spacial score (nSPS) is 10.6. The number of nitrogens with one attached hydrogen (secondary N) is 1. The van der Waals surface area contributed by atoms with Crippen molar-refractivity contribution in [2.45, 2.75) is 13.3 Å². The monoisotopic (exact) mass is 388 g/mol. The molecule has 27 heavy (non-hydrogen) atoms. The molecular formula is C19H17ClN2O5. The molecule has 0 unspecified atom stereocenters. The van der Waals surface area contributed by atoms with Gasteiger partial charge in [0.15, 0.2) is 0 Å². The van der Waals surface area contributed by atoms with E-state index in [9.17, 15) is 19.7 Å². The van der Waals surface area contributed by atoms with Crippen LogP contribution in [0.4, 0.5) is 11.4 Å². The highest BCUT2D eigenvalue weighted by Gasteiger charge is 2.12. The second-order valence-corrected chi connectivity index (χ2v) is 5.91. The van der Waals surface area contributed by atoms with Crippen molar-refractivity contribution in [3.05, 3.63) is 74.8 Å². The second kappa shape index (κ2) is 9.49. The molecule has 0 aromatic heterocycles. The highest BCUT2D eigenvalue weighted by Crippen LogP contribution is 2.25. The molecule has 2 aromatic rings. The molecule has 0 saturated heterocycles. The summed E-state index contributed by atoms with van der Waals surface area (Å²) in [6, 6.07) is 10.5. The number of halogens is 1. The quantitative estimate of drug-likeness (QED) is 0.326. The van der Waals surface area contributed by atoms with E-state index in [1.807, 2.05) is 6.92 Å². The maximum absolute atomic E-state index is 12.0. The summed E-state index contributed by atoms with van der Waals surface area (Å²) in [4.78, 5) is 34.0. The fraction of sp³-hybridized carbons (Fsp3) is 0.158. The van der Waals surface area contributed by atoms with Crippen molar-refractivity contribution in [2.75, 3.05) is 11.9 Å². The summed E-state index contributed by atoms with van der Waals surface area (Å²) in [5.74, 6) is -0.840. The Balaban J connectivity index is 1.99. The van der Waals surface area contributed by atoms with E-state index >= 15 is 0 Å². The molecule has 0 heterocycles. The van der Waals surface area contributed by atoms with Gasteiger partial charge in [-0.2, -0.15) is 0 Å². The Labute approximate surface area is 160 Å². The van der Waals surface area contributed by atoms with Gasteiger partial charge in [0.1, 0.15) is 5.02 Å². The first-order valence-corrected chi connectivity index (χ1v) is 8.48. The van der Waals surface area contributed by atoms with Crippen molar-refractivity contribution in [2.24, 2.45) is 0 Å². The minimum Gasteiger partial charge on any atom is -0.462 e. The number of hydrogen-bond donors (Lipinski definition) is 1. The first-order chi connectivity index (χ1) is 12.9. The Hall–Kier alpha value is -3.19. The van der Waals surface area contributed by atoms with Crippen molar-refractivity contribution in [1.29, 1.82) is 0 Å². The van der Waals surface area contributed by atoms with E-state index in [0.29, 0.717) is 23.4 Å². The largest absolute Gasteiger partial charge is 0.462 e. The highest BCUT2D eigenvalue weighted by molar-refractivity contribution is 6.32. The van der Waals surface area contributed by atoms with Gasteiger partial charge in [0.05, 0.1) is 17.1 Å². The Morgan fingerprint density at radius 3 is 2.56 bits per heavy atom.